The third-order valence-corrected chi connectivity index (χ3v) is 7.24. The van der Waals surface area contributed by atoms with Gasteiger partial charge in [-0.1, -0.05) is 44.7 Å². The fourth-order valence-electron chi connectivity index (χ4n) is 4.37. The zero-order chi connectivity index (χ0) is 21.3. The van der Waals surface area contributed by atoms with Crippen LogP contribution in [0.2, 0.25) is 0 Å². The van der Waals surface area contributed by atoms with Crippen LogP contribution in [-0.2, 0) is 30.7 Å². The zero-order valence-electron chi connectivity index (χ0n) is 18.0. The van der Waals surface area contributed by atoms with Crippen molar-refractivity contribution in [2.45, 2.75) is 52.6 Å². The molecule has 30 heavy (non-hydrogen) atoms. The smallest absolute Gasteiger partial charge is 0.246 e. The Hall–Kier alpha value is -2.66. The minimum atomic E-state index is 0.00243. The lowest BCUT2D eigenvalue weighted by Gasteiger charge is -2.33. The first-order valence-corrected chi connectivity index (χ1v) is 11.6. The SMILES string of the molecule is C=CC(=O)N1Cc2sc(CC)cc2[C@H](c2ccccc2-c2cn(CC)nc2CC)C1. The summed E-state index contributed by atoms with van der Waals surface area (Å²) < 4.78 is 2.02. The molecule has 0 saturated carbocycles. The highest BCUT2D eigenvalue weighted by Gasteiger charge is 2.32. The molecule has 0 saturated heterocycles. The van der Waals surface area contributed by atoms with Gasteiger partial charge in [0.2, 0.25) is 5.91 Å². The molecule has 3 heterocycles. The molecule has 0 radical (unpaired) electrons. The number of thiophene rings is 1. The van der Waals surface area contributed by atoms with Gasteiger partial charge < -0.3 is 4.90 Å². The Morgan fingerprint density at radius 2 is 2.00 bits per heavy atom. The molecule has 0 bridgehead atoms. The van der Waals surface area contributed by atoms with Crippen molar-refractivity contribution < 1.29 is 4.79 Å². The number of carbonyl (C=O) groups excluding carboxylic acids is 1. The number of aromatic nitrogens is 2. The summed E-state index contributed by atoms with van der Waals surface area (Å²) in [6.45, 7) is 12.4. The largest absolute Gasteiger partial charge is 0.333 e. The highest BCUT2D eigenvalue weighted by atomic mass is 32.1. The molecule has 156 valence electrons. The van der Waals surface area contributed by atoms with Gasteiger partial charge in [-0.05, 0) is 48.6 Å². The van der Waals surface area contributed by atoms with Crippen LogP contribution < -0.4 is 0 Å². The van der Waals surface area contributed by atoms with Gasteiger partial charge in [-0.15, -0.1) is 11.3 Å². The van der Waals surface area contributed by atoms with E-state index in [1.165, 1.54) is 38.1 Å². The Bertz CT molecular complexity index is 1080. The Kier molecular flexibility index (Phi) is 5.91. The molecular formula is C25H29N3OS. The summed E-state index contributed by atoms with van der Waals surface area (Å²) in [5, 5.41) is 4.77. The second kappa shape index (κ2) is 8.60. The number of rotatable bonds is 6. The minimum absolute atomic E-state index is 0.00243. The van der Waals surface area contributed by atoms with Gasteiger partial charge in [0.15, 0.2) is 0 Å². The van der Waals surface area contributed by atoms with Crippen molar-refractivity contribution in [3.63, 3.8) is 0 Å². The van der Waals surface area contributed by atoms with Gasteiger partial charge in [-0.3, -0.25) is 9.48 Å². The Morgan fingerprint density at radius 1 is 1.20 bits per heavy atom. The van der Waals surface area contributed by atoms with E-state index < -0.39 is 0 Å². The summed E-state index contributed by atoms with van der Waals surface area (Å²) >= 11 is 1.84. The predicted molar refractivity (Wildman–Crippen MR) is 124 cm³/mol. The summed E-state index contributed by atoms with van der Waals surface area (Å²) in [5.74, 6) is 0.155. The number of hydrogen-bond acceptors (Lipinski definition) is 3. The van der Waals surface area contributed by atoms with E-state index in [1.807, 2.05) is 20.9 Å². The first-order chi connectivity index (χ1) is 14.6. The maximum Gasteiger partial charge on any atom is 0.246 e. The minimum Gasteiger partial charge on any atom is -0.333 e. The number of hydrogen-bond donors (Lipinski definition) is 0. The van der Waals surface area contributed by atoms with Crippen LogP contribution in [0.15, 0.2) is 49.2 Å². The van der Waals surface area contributed by atoms with Gasteiger partial charge in [-0.2, -0.15) is 5.10 Å². The number of fused-ring (bicyclic) bond motifs is 1. The molecule has 0 fully saturated rings. The number of amides is 1. The quantitative estimate of drug-likeness (QED) is 0.501. The molecule has 0 aliphatic carbocycles. The van der Waals surface area contributed by atoms with Crippen molar-refractivity contribution in [3.8, 4) is 11.1 Å². The summed E-state index contributed by atoms with van der Waals surface area (Å²) in [4.78, 5) is 17.1. The van der Waals surface area contributed by atoms with Crippen molar-refractivity contribution in [1.82, 2.24) is 14.7 Å². The van der Waals surface area contributed by atoms with Gasteiger partial charge in [0.25, 0.3) is 0 Å². The normalized spacial score (nSPS) is 15.8. The highest BCUT2D eigenvalue weighted by molar-refractivity contribution is 7.12. The van der Waals surface area contributed by atoms with Gasteiger partial charge in [0.1, 0.15) is 0 Å². The fourth-order valence-corrected chi connectivity index (χ4v) is 5.55. The molecule has 0 spiro atoms. The number of aryl methyl sites for hydroxylation is 3. The monoisotopic (exact) mass is 419 g/mol. The molecule has 1 amide bonds. The average Bonchev–Trinajstić information content (AvgIpc) is 3.41. The summed E-state index contributed by atoms with van der Waals surface area (Å²) in [5.41, 5.74) is 6.19. The molecular weight excluding hydrogens is 390 g/mol. The highest BCUT2D eigenvalue weighted by Crippen LogP contribution is 2.42. The first-order valence-electron chi connectivity index (χ1n) is 10.8. The molecule has 3 aromatic rings. The van der Waals surface area contributed by atoms with E-state index >= 15 is 0 Å². The van der Waals surface area contributed by atoms with Crippen LogP contribution in [0.1, 0.15) is 53.3 Å². The van der Waals surface area contributed by atoms with E-state index in [9.17, 15) is 4.79 Å². The molecule has 4 rings (SSSR count). The first kappa shape index (κ1) is 20.6. The second-order valence-electron chi connectivity index (χ2n) is 7.71. The summed E-state index contributed by atoms with van der Waals surface area (Å²) in [6.07, 6.45) is 5.51. The van der Waals surface area contributed by atoms with E-state index in [0.29, 0.717) is 13.1 Å². The molecule has 4 nitrogen and oxygen atoms in total. The third-order valence-electron chi connectivity index (χ3n) is 5.96. The van der Waals surface area contributed by atoms with Crippen molar-refractivity contribution in [3.05, 3.63) is 75.8 Å². The molecule has 1 aliphatic rings. The topological polar surface area (TPSA) is 38.1 Å². The van der Waals surface area contributed by atoms with E-state index in [2.05, 4.69) is 63.9 Å². The second-order valence-corrected chi connectivity index (χ2v) is 8.93. The lowest BCUT2D eigenvalue weighted by atomic mass is 9.83. The Labute approximate surface area is 182 Å². The molecule has 1 aromatic carbocycles. The van der Waals surface area contributed by atoms with Crippen LogP contribution in [-0.4, -0.2) is 27.1 Å². The number of carbonyl (C=O) groups is 1. The van der Waals surface area contributed by atoms with Gasteiger partial charge >= 0.3 is 0 Å². The molecule has 0 N–H and O–H groups in total. The number of nitrogens with zero attached hydrogens (tertiary/aromatic N) is 3. The van der Waals surface area contributed by atoms with Crippen molar-refractivity contribution in [2.24, 2.45) is 0 Å². The standard InChI is InChI=1S/C25H29N3OS/c1-5-17-13-20-21(14-27(25(29)7-3)16-24(20)30-17)18-11-9-10-12-19(18)22-15-28(8-4)26-23(22)6-2/h7,9-13,15,21H,3,5-6,8,14,16H2,1-2,4H3/t21-/m0/s1. The lowest BCUT2D eigenvalue weighted by Crippen LogP contribution is -2.37. The molecule has 5 heteroatoms. The molecule has 1 atom stereocenters. The number of benzene rings is 1. The molecule has 0 unspecified atom stereocenters. The van der Waals surface area contributed by atoms with E-state index in [1.54, 1.807) is 0 Å². The van der Waals surface area contributed by atoms with Crippen LogP contribution in [0.5, 0.6) is 0 Å². The lowest BCUT2D eigenvalue weighted by molar-refractivity contribution is -0.127. The van der Waals surface area contributed by atoms with Gasteiger partial charge in [0, 0.05) is 40.5 Å². The summed E-state index contributed by atoms with van der Waals surface area (Å²) in [7, 11) is 0. The maximum absolute atomic E-state index is 12.5. The van der Waals surface area contributed by atoms with Gasteiger partial charge in [0.05, 0.1) is 12.2 Å². The summed E-state index contributed by atoms with van der Waals surface area (Å²) in [6, 6.07) is 11.0. The third kappa shape index (κ3) is 3.63. The van der Waals surface area contributed by atoms with Crippen LogP contribution >= 0.6 is 11.3 Å². The van der Waals surface area contributed by atoms with E-state index in [-0.39, 0.29) is 11.8 Å². The van der Waals surface area contributed by atoms with Crippen molar-refractivity contribution in [1.29, 1.82) is 0 Å². The van der Waals surface area contributed by atoms with Crippen molar-refractivity contribution in [2.75, 3.05) is 6.54 Å². The Morgan fingerprint density at radius 3 is 2.70 bits per heavy atom. The van der Waals surface area contributed by atoms with Crippen molar-refractivity contribution >= 4 is 17.2 Å². The Balaban J connectivity index is 1.86. The molecule has 2 aromatic heterocycles. The van der Waals surface area contributed by atoms with Crippen LogP contribution in [0.3, 0.4) is 0 Å². The fraction of sp³-hybridized carbons (Fsp3) is 0.360. The maximum atomic E-state index is 12.5. The zero-order valence-corrected chi connectivity index (χ0v) is 18.8. The van der Waals surface area contributed by atoms with Crippen LogP contribution in [0.4, 0.5) is 0 Å². The average molecular weight is 420 g/mol. The van der Waals surface area contributed by atoms with E-state index in [4.69, 9.17) is 5.10 Å². The predicted octanol–water partition coefficient (Wildman–Crippen LogP) is 5.42. The van der Waals surface area contributed by atoms with Gasteiger partial charge in [-0.25, -0.2) is 0 Å². The molecule has 1 aliphatic heterocycles. The van der Waals surface area contributed by atoms with E-state index in [0.717, 1.165) is 25.1 Å². The van der Waals surface area contributed by atoms with Crippen LogP contribution in [0.25, 0.3) is 11.1 Å². The van der Waals surface area contributed by atoms with Crippen LogP contribution in [0, 0.1) is 0 Å².